The zero-order valence-electron chi connectivity index (χ0n) is 7.92. The number of aliphatic hydroxyl groups excluding tert-OH is 3. The predicted octanol–water partition coefficient (Wildman–Crippen LogP) is -1.62. The fourth-order valence-electron chi connectivity index (χ4n) is 1.57. The number of hydrogen-bond donors (Lipinski definition) is 3. The van der Waals surface area contributed by atoms with Crippen molar-refractivity contribution in [2.45, 2.75) is 31.0 Å². The molecule has 0 spiro atoms. The number of hydrogen-bond acceptors (Lipinski definition) is 5. The first kappa shape index (κ1) is 10.9. The van der Waals surface area contributed by atoms with E-state index < -0.39 is 12.4 Å². The predicted molar refractivity (Wildman–Crippen MR) is 46.1 cm³/mol. The highest BCUT2D eigenvalue weighted by Crippen LogP contribution is 2.21. The van der Waals surface area contributed by atoms with Gasteiger partial charge in [-0.2, -0.15) is 0 Å². The van der Waals surface area contributed by atoms with Gasteiger partial charge in [0.2, 0.25) is 0 Å². The smallest absolute Gasteiger partial charge is 0.182 e. The Hall–Kier alpha value is -0.200. The Morgan fingerprint density at radius 1 is 1.38 bits per heavy atom. The van der Waals surface area contributed by atoms with Gasteiger partial charge in [0, 0.05) is 6.04 Å². The zero-order valence-corrected chi connectivity index (χ0v) is 7.92. The van der Waals surface area contributed by atoms with E-state index in [2.05, 4.69) is 0 Å². The molecule has 0 aromatic rings. The molecule has 0 saturated carbocycles. The molecule has 1 aliphatic rings. The van der Waals surface area contributed by atoms with Gasteiger partial charge in [0.05, 0.1) is 12.7 Å². The molecule has 1 heterocycles. The molecule has 0 aromatic carbocycles. The van der Waals surface area contributed by atoms with Crippen molar-refractivity contribution >= 4 is 0 Å². The minimum Gasteiger partial charge on any atom is -0.394 e. The van der Waals surface area contributed by atoms with Crippen LogP contribution < -0.4 is 0 Å². The standard InChI is InChI=1S/C8H17NO4/c1-9(2)6-3-5(4-10)13-8(12)7(6)11/h5-8,10-12H,3-4H2,1-2H3/t5-,6-,7+,8?/m0/s1. The largest absolute Gasteiger partial charge is 0.394 e. The topological polar surface area (TPSA) is 73.2 Å². The van der Waals surface area contributed by atoms with E-state index in [4.69, 9.17) is 9.84 Å². The van der Waals surface area contributed by atoms with Crippen LogP contribution in [0.4, 0.5) is 0 Å². The van der Waals surface area contributed by atoms with E-state index in [-0.39, 0.29) is 18.8 Å². The molecule has 1 rings (SSSR count). The summed E-state index contributed by atoms with van der Waals surface area (Å²) >= 11 is 0. The normalized spacial score (nSPS) is 41.1. The molecule has 1 unspecified atom stereocenters. The van der Waals surface area contributed by atoms with Crippen LogP contribution in [0.15, 0.2) is 0 Å². The molecule has 13 heavy (non-hydrogen) atoms. The van der Waals surface area contributed by atoms with Gasteiger partial charge in [0.15, 0.2) is 6.29 Å². The highest BCUT2D eigenvalue weighted by Gasteiger charge is 2.37. The van der Waals surface area contributed by atoms with Gasteiger partial charge in [-0.05, 0) is 20.5 Å². The summed E-state index contributed by atoms with van der Waals surface area (Å²) in [5.41, 5.74) is 0. The Morgan fingerprint density at radius 3 is 2.46 bits per heavy atom. The molecule has 0 bridgehead atoms. The highest BCUT2D eigenvalue weighted by molar-refractivity contribution is 4.85. The van der Waals surface area contributed by atoms with Gasteiger partial charge >= 0.3 is 0 Å². The highest BCUT2D eigenvalue weighted by atomic mass is 16.6. The van der Waals surface area contributed by atoms with Gasteiger partial charge in [0.25, 0.3) is 0 Å². The first-order valence-corrected chi connectivity index (χ1v) is 4.35. The third kappa shape index (κ3) is 2.38. The Bertz CT molecular complexity index is 164. The second-order valence-corrected chi connectivity index (χ2v) is 3.59. The SMILES string of the molecule is CN(C)[C@H]1C[C@@H](CO)OC(O)[C@@H]1O. The summed E-state index contributed by atoms with van der Waals surface area (Å²) in [5.74, 6) is 0. The molecule has 3 N–H and O–H groups in total. The molecule has 5 heteroatoms. The van der Waals surface area contributed by atoms with Crippen LogP contribution in [-0.4, -0.2) is 65.5 Å². The molecule has 0 aliphatic carbocycles. The monoisotopic (exact) mass is 191 g/mol. The van der Waals surface area contributed by atoms with E-state index in [0.717, 1.165) is 0 Å². The van der Waals surface area contributed by atoms with E-state index in [1.165, 1.54) is 0 Å². The molecular formula is C8H17NO4. The fourth-order valence-corrected chi connectivity index (χ4v) is 1.57. The number of likely N-dealkylation sites (N-methyl/N-ethyl adjacent to an activating group) is 1. The van der Waals surface area contributed by atoms with Gasteiger partial charge < -0.3 is 25.0 Å². The van der Waals surface area contributed by atoms with Gasteiger partial charge in [-0.1, -0.05) is 0 Å². The Labute approximate surface area is 77.5 Å². The number of ether oxygens (including phenoxy) is 1. The summed E-state index contributed by atoms with van der Waals surface area (Å²) in [4.78, 5) is 1.82. The van der Waals surface area contributed by atoms with E-state index in [1.54, 1.807) is 0 Å². The lowest BCUT2D eigenvalue weighted by Crippen LogP contribution is -2.54. The van der Waals surface area contributed by atoms with Crippen LogP contribution in [0.25, 0.3) is 0 Å². The van der Waals surface area contributed by atoms with Crippen LogP contribution in [0.5, 0.6) is 0 Å². The Balaban J connectivity index is 2.60. The molecule has 4 atom stereocenters. The third-order valence-electron chi connectivity index (χ3n) is 2.39. The van der Waals surface area contributed by atoms with Crippen molar-refractivity contribution in [2.24, 2.45) is 0 Å². The summed E-state index contributed by atoms with van der Waals surface area (Å²) in [7, 11) is 3.64. The second-order valence-electron chi connectivity index (χ2n) is 3.59. The van der Waals surface area contributed by atoms with Gasteiger partial charge in [-0.25, -0.2) is 0 Å². The van der Waals surface area contributed by atoms with Crippen molar-refractivity contribution in [1.82, 2.24) is 4.90 Å². The Morgan fingerprint density at radius 2 is 2.00 bits per heavy atom. The third-order valence-corrected chi connectivity index (χ3v) is 2.39. The van der Waals surface area contributed by atoms with Crippen LogP contribution in [0.1, 0.15) is 6.42 Å². The first-order valence-electron chi connectivity index (χ1n) is 4.35. The minimum absolute atomic E-state index is 0.131. The number of aliphatic hydroxyl groups is 3. The van der Waals surface area contributed by atoms with Crippen molar-refractivity contribution in [3.8, 4) is 0 Å². The molecule has 5 nitrogen and oxygen atoms in total. The van der Waals surface area contributed by atoms with Gasteiger partial charge in [0.1, 0.15) is 6.10 Å². The van der Waals surface area contributed by atoms with Crippen molar-refractivity contribution in [2.75, 3.05) is 20.7 Å². The maximum atomic E-state index is 9.52. The van der Waals surface area contributed by atoms with E-state index in [0.29, 0.717) is 6.42 Å². The van der Waals surface area contributed by atoms with E-state index in [1.807, 2.05) is 19.0 Å². The summed E-state index contributed by atoms with van der Waals surface area (Å²) in [6, 6.07) is -0.166. The van der Waals surface area contributed by atoms with Crippen molar-refractivity contribution in [3.63, 3.8) is 0 Å². The summed E-state index contributed by atoms with van der Waals surface area (Å²) in [6.45, 7) is -0.131. The summed E-state index contributed by atoms with van der Waals surface area (Å²) in [5, 5.41) is 27.7. The van der Waals surface area contributed by atoms with Crippen LogP contribution in [0, 0.1) is 0 Å². The first-order chi connectivity index (χ1) is 6.06. The lowest BCUT2D eigenvalue weighted by molar-refractivity contribution is -0.239. The second kappa shape index (κ2) is 4.34. The molecular weight excluding hydrogens is 174 g/mol. The van der Waals surface area contributed by atoms with Gasteiger partial charge in [-0.3, -0.25) is 0 Å². The summed E-state index contributed by atoms with van der Waals surface area (Å²) in [6.07, 6.45) is -1.95. The molecule has 1 fully saturated rings. The van der Waals surface area contributed by atoms with Crippen molar-refractivity contribution < 1.29 is 20.1 Å². The van der Waals surface area contributed by atoms with Crippen molar-refractivity contribution in [3.05, 3.63) is 0 Å². The van der Waals surface area contributed by atoms with Crippen LogP contribution in [0.2, 0.25) is 0 Å². The van der Waals surface area contributed by atoms with Crippen LogP contribution >= 0.6 is 0 Å². The average molecular weight is 191 g/mol. The number of rotatable bonds is 2. The van der Waals surface area contributed by atoms with Gasteiger partial charge in [-0.15, -0.1) is 0 Å². The quantitative estimate of drug-likeness (QED) is 0.489. The molecule has 0 radical (unpaired) electrons. The number of nitrogens with zero attached hydrogens (tertiary/aromatic N) is 1. The fraction of sp³-hybridized carbons (Fsp3) is 1.00. The molecule has 1 saturated heterocycles. The molecule has 1 aliphatic heterocycles. The minimum atomic E-state index is -1.20. The van der Waals surface area contributed by atoms with Crippen molar-refractivity contribution in [1.29, 1.82) is 0 Å². The zero-order chi connectivity index (χ0) is 10.0. The lowest BCUT2D eigenvalue weighted by atomic mass is 9.99. The maximum absolute atomic E-state index is 9.52. The van der Waals surface area contributed by atoms with E-state index in [9.17, 15) is 10.2 Å². The maximum Gasteiger partial charge on any atom is 0.182 e. The van der Waals surface area contributed by atoms with Crippen LogP contribution in [-0.2, 0) is 4.74 Å². The molecule has 0 amide bonds. The lowest BCUT2D eigenvalue weighted by Gasteiger charge is -2.39. The van der Waals surface area contributed by atoms with E-state index >= 15 is 0 Å². The van der Waals surface area contributed by atoms with Crippen LogP contribution in [0.3, 0.4) is 0 Å². The molecule has 78 valence electrons. The average Bonchev–Trinajstić information content (AvgIpc) is 2.09. The Kier molecular flexibility index (Phi) is 3.63. The summed E-state index contributed by atoms with van der Waals surface area (Å²) < 4.78 is 4.96. The molecule has 0 aromatic heterocycles.